The van der Waals surface area contributed by atoms with Crippen LogP contribution in [0, 0.1) is 0 Å². The number of hydrogen-bond donors (Lipinski definition) is 0. The second kappa shape index (κ2) is 7.19. The van der Waals surface area contributed by atoms with Crippen LogP contribution in [-0.4, -0.2) is 42.5 Å². The van der Waals surface area contributed by atoms with Crippen molar-refractivity contribution >= 4 is 0 Å². The monoisotopic (exact) mass is 336 g/mol. The quantitative estimate of drug-likeness (QED) is 0.719. The van der Waals surface area contributed by atoms with Crippen LogP contribution in [0.5, 0.6) is 0 Å². The maximum atomic E-state index is 4.42. The Morgan fingerprint density at radius 3 is 2.64 bits per heavy atom. The molecule has 3 aromatic rings. The lowest BCUT2D eigenvalue weighted by atomic mass is 9.95. The molecule has 1 saturated heterocycles. The summed E-state index contributed by atoms with van der Waals surface area (Å²) in [6.07, 6.45) is 8.21. The number of para-hydroxylation sites is 1. The van der Waals surface area contributed by atoms with Gasteiger partial charge in [0.15, 0.2) is 0 Å². The van der Waals surface area contributed by atoms with E-state index in [4.69, 9.17) is 0 Å². The Balaban J connectivity index is 1.40. The summed E-state index contributed by atoms with van der Waals surface area (Å²) in [5.41, 5.74) is 2.43. The van der Waals surface area contributed by atoms with Gasteiger partial charge in [0, 0.05) is 36.5 Å². The van der Waals surface area contributed by atoms with Crippen molar-refractivity contribution in [3.8, 4) is 5.69 Å². The lowest BCUT2D eigenvalue weighted by molar-refractivity contribution is 0.201. The van der Waals surface area contributed by atoms with E-state index in [1.165, 1.54) is 5.56 Å². The fraction of sp³-hybridized carbons (Fsp3) is 0.421. The summed E-state index contributed by atoms with van der Waals surface area (Å²) >= 11 is 0. The molecule has 3 heterocycles. The number of nitrogens with zero attached hydrogens (tertiary/aromatic N) is 6. The molecule has 0 aliphatic carbocycles. The van der Waals surface area contributed by atoms with Gasteiger partial charge in [-0.25, -0.2) is 0 Å². The Bertz CT molecular complexity index is 798. The Morgan fingerprint density at radius 2 is 1.92 bits per heavy atom. The molecular weight excluding hydrogens is 312 g/mol. The molecule has 0 bridgehead atoms. The van der Waals surface area contributed by atoms with Crippen LogP contribution in [0.3, 0.4) is 0 Å². The van der Waals surface area contributed by atoms with Gasteiger partial charge in [0.25, 0.3) is 0 Å². The first kappa shape index (κ1) is 16.0. The molecule has 0 atom stereocenters. The average molecular weight is 336 g/mol. The van der Waals surface area contributed by atoms with Crippen molar-refractivity contribution in [2.75, 3.05) is 13.1 Å². The van der Waals surface area contributed by atoms with Crippen molar-refractivity contribution < 1.29 is 0 Å². The van der Waals surface area contributed by atoms with Crippen LogP contribution in [0.25, 0.3) is 5.69 Å². The van der Waals surface area contributed by atoms with E-state index in [2.05, 4.69) is 62.1 Å². The second-order valence-corrected chi connectivity index (χ2v) is 6.65. The van der Waals surface area contributed by atoms with Crippen molar-refractivity contribution in [2.45, 2.75) is 38.8 Å². The average Bonchev–Trinajstić information content (AvgIpc) is 3.32. The summed E-state index contributed by atoms with van der Waals surface area (Å²) in [5, 5.41) is 13.0. The number of aromatic nitrogens is 5. The zero-order valence-corrected chi connectivity index (χ0v) is 14.6. The maximum Gasteiger partial charge on any atom is 0.140 e. The molecule has 6 heteroatoms. The second-order valence-electron chi connectivity index (χ2n) is 6.65. The van der Waals surface area contributed by atoms with E-state index in [-0.39, 0.29) is 0 Å². The molecule has 6 nitrogen and oxygen atoms in total. The lowest BCUT2D eigenvalue weighted by Gasteiger charge is -2.31. The van der Waals surface area contributed by atoms with Crippen molar-refractivity contribution in [1.29, 1.82) is 0 Å². The molecule has 1 aromatic carbocycles. The Hall–Kier alpha value is -2.47. The third kappa shape index (κ3) is 3.49. The molecule has 1 aliphatic heterocycles. The largest absolute Gasteiger partial charge is 0.299 e. The molecule has 0 saturated carbocycles. The van der Waals surface area contributed by atoms with Crippen molar-refractivity contribution in [1.82, 2.24) is 29.4 Å². The van der Waals surface area contributed by atoms with Crippen LogP contribution in [0.2, 0.25) is 0 Å². The van der Waals surface area contributed by atoms with Crippen molar-refractivity contribution in [2.24, 2.45) is 0 Å². The minimum atomic E-state index is 0.470. The van der Waals surface area contributed by atoms with Gasteiger partial charge in [-0.3, -0.25) is 14.1 Å². The fourth-order valence-electron chi connectivity index (χ4n) is 3.58. The van der Waals surface area contributed by atoms with Crippen LogP contribution >= 0.6 is 0 Å². The summed E-state index contributed by atoms with van der Waals surface area (Å²) in [6, 6.07) is 10.4. The first-order valence-electron chi connectivity index (χ1n) is 9.02. The van der Waals surface area contributed by atoms with E-state index in [0.29, 0.717) is 5.92 Å². The number of piperidine rings is 1. The SMILES string of the molecule is CCn1cc(CN2CCC(c3nncn3-c3ccccc3)CC2)cn1. The molecule has 130 valence electrons. The third-order valence-corrected chi connectivity index (χ3v) is 4.98. The first-order valence-corrected chi connectivity index (χ1v) is 9.02. The molecule has 0 spiro atoms. The highest BCUT2D eigenvalue weighted by molar-refractivity contribution is 5.32. The highest BCUT2D eigenvalue weighted by Gasteiger charge is 2.25. The van der Waals surface area contributed by atoms with E-state index in [0.717, 1.165) is 50.5 Å². The lowest BCUT2D eigenvalue weighted by Crippen LogP contribution is -2.33. The number of benzene rings is 1. The van der Waals surface area contributed by atoms with E-state index < -0.39 is 0 Å². The molecule has 0 N–H and O–H groups in total. The van der Waals surface area contributed by atoms with Gasteiger partial charge >= 0.3 is 0 Å². The van der Waals surface area contributed by atoms with Gasteiger partial charge in [0.05, 0.1) is 6.20 Å². The van der Waals surface area contributed by atoms with Crippen molar-refractivity contribution in [3.63, 3.8) is 0 Å². The van der Waals surface area contributed by atoms with Gasteiger partial charge in [-0.1, -0.05) is 18.2 Å². The third-order valence-electron chi connectivity index (χ3n) is 4.98. The highest BCUT2D eigenvalue weighted by Crippen LogP contribution is 2.28. The normalized spacial score (nSPS) is 16.4. The zero-order chi connectivity index (χ0) is 17.1. The molecule has 1 aliphatic rings. The molecule has 1 fully saturated rings. The molecule has 2 aromatic heterocycles. The highest BCUT2D eigenvalue weighted by atomic mass is 15.3. The van der Waals surface area contributed by atoms with Crippen LogP contribution in [0.1, 0.15) is 37.1 Å². The smallest absolute Gasteiger partial charge is 0.140 e. The van der Waals surface area contributed by atoms with Gasteiger partial charge in [-0.15, -0.1) is 10.2 Å². The molecule has 0 radical (unpaired) electrons. The van der Waals surface area contributed by atoms with Gasteiger partial charge in [-0.2, -0.15) is 5.10 Å². The van der Waals surface area contributed by atoms with Gasteiger partial charge < -0.3 is 0 Å². The molecule has 25 heavy (non-hydrogen) atoms. The van der Waals surface area contributed by atoms with Gasteiger partial charge in [0.1, 0.15) is 12.2 Å². The maximum absolute atomic E-state index is 4.42. The summed E-state index contributed by atoms with van der Waals surface area (Å²) in [6.45, 7) is 6.20. The Labute approximate surface area is 148 Å². The summed E-state index contributed by atoms with van der Waals surface area (Å²) in [5.74, 6) is 1.56. The van der Waals surface area contributed by atoms with E-state index in [9.17, 15) is 0 Å². The molecule has 0 unspecified atom stereocenters. The van der Waals surface area contributed by atoms with E-state index in [1.54, 1.807) is 0 Å². The fourth-order valence-corrected chi connectivity index (χ4v) is 3.58. The van der Waals surface area contributed by atoms with Crippen LogP contribution in [-0.2, 0) is 13.1 Å². The topological polar surface area (TPSA) is 51.8 Å². The Kier molecular flexibility index (Phi) is 4.61. The molecule has 4 rings (SSSR count). The number of rotatable bonds is 5. The van der Waals surface area contributed by atoms with Crippen LogP contribution in [0.4, 0.5) is 0 Å². The number of hydrogen-bond acceptors (Lipinski definition) is 4. The van der Waals surface area contributed by atoms with Crippen LogP contribution in [0.15, 0.2) is 49.1 Å². The van der Waals surface area contributed by atoms with Crippen LogP contribution < -0.4 is 0 Å². The molecule has 0 amide bonds. The predicted molar refractivity (Wildman–Crippen MR) is 96.5 cm³/mol. The predicted octanol–water partition coefficient (Wildman–Crippen LogP) is 2.86. The Morgan fingerprint density at radius 1 is 1.12 bits per heavy atom. The minimum absolute atomic E-state index is 0.470. The summed E-state index contributed by atoms with van der Waals surface area (Å²) < 4.78 is 4.12. The van der Waals surface area contributed by atoms with Crippen molar-refractivity contribution in [3.05, 3.63) is 60.4 Å². The summed E-state index contributed by atoms with van der Waals surface area (Å²) in [7, 11) is 0. The van der Waals surface area contributed by atoms with E-state index in [1.807, 2.05) is 23.3 Å². The summed E-state index contributed by atoms with van der Waals surface area (Å²) in [4.78, 5) is 2.51. The van der Waals surface area contributed by atoms with Gasteiger partial charge in [0.2, 0.25) is 0 Å². The zero-order valence-electron chi connectivity index (χ0n) is 14.6. The standard InChI is InChI=1S/C19H24N6/c1-2-24-14-16(12-21-24)13-23-10-8-17(9-11-23)19-22-20-15-25(19)18-6-4-3-5-7-18/h3-7,12,14-15,17H,2,8-11,13H2,1H3. The molecular formula is C19H24N6. The number of aryl methyl sites for hydroxylation is 1. The number of likely N-dealkylation sites (tertiary alicyclic amines) is 1. The first-order chi connectivity index (χ1) is 12.3. The van der Waals surface area contributed by atoms with E-state index >= 15 is 0 Å². The minimum Gasteiger partial charge on any atom is -0.299 e. The van der Waals surface area contributed by atoms with Gasteiger partial charge in [-0.05, 0) is 45.0 Å².